The fourth-order valence-corrected chi connectivity index (χ4v) is 1.79. The molecule has 2 N–H and O–H groups in total. The highest BCUT2D eigenvalue weighted by Gasteiger charge is 2.28. The third-order valence-corrected chi connectivity index (χ3v) is 2.47. The highest BCUT2D eigenvalue weighted by Crippen LogP contribution is 2.26. The number of rotatable bonds is 2. The molecule has 1 fully saturated rings. The van der Waals surface area contributed by atoms with E-state index >= 15 is 0 Å². The van der Waals surface area contributed by atoms with Crippen LogP contribution in [0.3, 0.4) is 0 Å². The van der Waals surface area contributed by atoms with Crippen LogP contribution in [0.1, 0.15) is 13.3 Å². The van der Waals surface area contributed by atoms with E-state index in [0.717, 1.165) is 18.7 Å². The molecule has 2 aliphatic rings. The van der Waals surface area contributed by atoms with Crippen molar-refractivity contribution in [3.63, 3.8) is 0 Å². The molecule has 1 unspecified atom stereocenters. The lowest BCUT2D eigenvalue weighted by atomic mass is 9.93. The first-order valence-electron chi connectivity index (χ1n) is 4.89. The molecule has 0 aromatic carbocycles. The minimum atomic E-state index is -0.236. The topological polar surface area (TPSA) is 50.4 Å². The summed E-state index contributed by atoms with van der Waals surface area (Å²) in [6.07, 6.45) is 4.84. The van der Waals surface area contributed by atoms with Crippen LogP contribution in [0.5, 0.6) is 0 Å². The van der Waals surface area contributed by atoms with Crippen molar-refractivity contribution < 1.29 is 9.53 Å². The Morgan fingerprint density at radius 1 is 1.71 bits per heavy atom. The standard InChI is InChI=1S/C10H14N2O2/c1-2-14-10(13)8-5-3-4-7-6-11-12-9(7)8/h3,5,7,11-12H,2,4,6H2,1H3. The lowest BCUT2D eigenvalue weighted by Gasteiger charge is -2.15. The minimum Gasteiger partial charge on any atom is -0.462 e. The number of fused-ring (bicyclic) bond motifs is 1. The van der Waals surface area contributed by atoms with Gasteiger partial charge in [-0.3, -0.25) is 0 Å². The zero-order valence-electron chi connectivity index (χ0n) is 8.17. The molecular formula is C10H14N2O2. The van der Waals surface area contributed by atoms with Gasteiger partial charge in [0.2, 0.25) is 0 Å². The van der Waals surface area contributed by atoms with Gasteiger partial charge >= 0.3 is 5.97 Å². The molecule has 0 saturated carbocycles. The van der Waals surface area contributed by atoms with Gasteiger partial charge in [0.05, 0.1) is 12.2 Å². The van der Waals surface area contributed by atoms with Gasteiger partial charge in [0.25, 0.3) is 0 Å². The molecule has 1 aliphatic carbocycles. The third kappa shape index (κ3) is 1.53. The van der Waals surface area contributed by atoms with Gasteiger partial charge in [0, 0.05) is 18.2 Å². The summed E-state index contributed by atoms with van der Waals surface area (Å²) in [5, 5.41) is 0. The Labute approximate surface area is 83.0 Å². The molecule has 4 nitrogen and oxygen atoms in total. The largest absolute Gasteiger partial charge is 0.462 e. The van der Waals surface area contributed by atoms with E-state index in [1.807, 2.05) is 19.1 Å². The summed E-state index contributed by atoms with van der Waals surface area (Å²) in [5.74, 6) is 0.166. The number of hydrogen-bond donors (Lipinski definition) is 2. The van der Waals surface area contributed by atoms with Crippen molar-refractivity contribution in [2.45, 2.75) is 13.3 Å². The van der Waals surface area contributed by atoms with E-state index in [9.17, 15) is 4.79 Å². The van der Waals surface area contributed by atoms with Crippen molar-refractivity contribution in [2.75, 3.05) is 13.2 Å². The SMILES string of the molecule is CCOC(=O)C1=C2NNCC2CC=C1. The highest BCUT2D eigenvalue weighted by atomic mass is 16.5. The van der Waals surface area contributed by atoms with Crippen molar-refractivity contribution >= 4 is 5.97 Å². The molecule has 14 heavy (non-hydrogen) atoms. The van der Waals surface area contributed by atoms with E-state index in [0.29, 0.717) is 18.1 Å². The molecule has 0 radical (unpaired) electrons. The van der Waals surface area contributed by atoms with Crippen LogP contribution in [0, 0.1) is 5.92 Å². The van der Waals surface area contributed by atoms with Gasteiger partial charge in [0.15, 0.2) is 0 Å². The predicted molar refractivity (Wildman–Crippen MR) is 52.0 cm³/mol. The van der Waals surface area contributed by atoms with E-state index in [1.54, 1.807) is 0 Å². The lowest BCUT2D eigenvalue weighted by molar-refractivity contribution is -0.138. The maximum Gasteiger partial charge on any atom is 0.339 e. The average Bonchev–Trinajstić information content (AvgIpc) is 2.65. The molecule has 0 aromatic rings. The fourth-order valence-electron chi connectivity index (χ4n) is 1.79. The number of hydrazine groups is 1. The molecule has 0 spiro atoms. The summed E-state index contributed by atoms with van der Waals surface area (Å²) in [5.41, 5.74) is 7.70. The Bertz CT molecular complexity index is 307. The number of nitrogens with one attached hydrogen (secondary N) is 2. The van der Waals surface area contributed by atoms with Crippen molar-refractivity contribution in [1.29, 1.82) is 0 Å². The summed E-state index contributed by atoms with van der Waals surface area (Å²) in [6, 6.07) is 0. The number of carbonyl (C=O) groups excluding carboxylic acids is 1. The monoisotopic (exact) mass is 194 g/mol. The summed E-state index contributed by atoms with van der Waals surface area (Å²) >= 11 is 0. The van der Waals surface area contributed by atoms with Crippen LogP contribution in [-0.4, -0.2) is 19.1 Å². The van der Waals surface area contributed by atoms with E-state index in [4.69, 9.17) is 4.74 Å². The van der Waals surface area contributed by atoms with Crippen LogP contribution in [0.25, 0.3) is 0 Å². The van der Waals surface area contributed by atoms with Gasteiger partial charge in [-0.05, 0) is 19.4 Å². The van der Waals surface area contributed by atoms with Gasteiger partial charge in [-0.2, -0.15) is 0 Å². The summed E-state index contributed by atoms with van der Waals surface area (Å²) in [4.78, 5) is 11.5. The molecule has 2 rings (SSSR count). The molecule has 1 saturated heterocycles. The van der Waals surface area contributed by atoms with Crippen molar-refractivity contribution in [3.8, 4) is 0 Å². The first kappa shape index (κ1) is 9.27. The second kappa shape index (κ2) is 3.84. The number of esters is 1. The van der Waals surface area contributed by atoms with Gasteiger partial charge in [0.1, 0.15) is 0 Å². The van der Waals surface area contributed by atoms with Crippen LogP contribution < -0.4 is 10.9 Å². The van der Waals surface area contributed by atoms with Gasteiger partial charge < -0.3 is 10.2 Å². The smallest absolute Gasteiger partial charge is 0.339 e. The van der Waals surface area contributed by atoms with Gasteiger partial charge in [-0.15, -0.1) is 0 Å². The van der Waals surface area contributed by atoms with Crippen molar-refractivity contribution in [3.05, 3.63) is 23.4 Å². The van der Waals surface area contributed by atoms with Crippen LogP contribution in [0.15, 0.2) is 23.4 Å². The average molecular weight is 194 g/mol. The predicted octanol–water partition coefficient (Wildman–Crippen LogP) is 0.487. The molecule has 1 aliphatic heterocycles. The molecule has 4 heteroatoms. The Morgan fingerprint density at radius 2 is 2.57 bits per heavy atom. The fraction of sp³-hybridized carbons (Fsp3) is 0.500. The second-order valence-electron chi connectivity index (χ2n) is 3.39. The number of allylic oxidation sites excluding steroid dienone is 1. The highest BCUT2D eigenvalue weighted by molar-refractivity contribution is 5.92. The quantitative estimate of drug-likeness (QED) is 0.628. The van der Waals surface area contributed by atoms with E-state index in [1.165, 1.54) is 0 Å². The maximum atomic E-state index is 11.5. The van der Waals surface area contributed by atoms with Crippen molar-refractivity contribution in [1.82, 2.24) is 10.9 Å². The molecule has 1 heterocycles. The number of hydrogen-bond acceptors (Lipinski definition) is 4. The van der Waals surface area contributed by atoms with Crippen LogP contribution in [0.2, 0.25) is 0 Å². The summed E-state index contributed by atoms with van der Waals surface area (Å²) in [7, 11) is 0. The first-order chi connectivity index (χ1) is 6.83. The van der Waals surface area contributed by atoms with Crippen molar-refractivity contribution in [2.24, 2.45) is 5.92 Å². The Kier molecular flexibility index (Phi) is 2.54. The van der Waals surface area contributed by atoms with Crippen LogP contribution in [0.4, 0.5) is 0 Å². The Balaban J connectivity index is 2.22. The molecule has 1 atom stereocenters. The third-order valence-electron chi connectivity index (χ3n) is 2.47. The van der Waals surface area contributed by atoms with E-state index < -0.39 is 0 Å². The number of ether oxygens (including phenoxy) is 1. The first-order valence-corrected chi connectivity index (χ1v) is 4.89. The normalized spacial score (nSPS) is 24.5. The molecule has 0 aromatic heterocycles. The van der Waals surface area contributed by atoms with Gasteiger partial charge in [-0.25, -0.2) is 10.2 Å². The second-order valence-corrected chi connectivity index (χ2v) is 3.39. The maximum absolute atomic E-state index is 11.5. The number of carbonyl (C=O) groups is 1. The van der Waals surface area contributed by atoms with E-state index in [-0.39, 0.29) is 5.97 Å². The van der Waals surface area contributed by atoms with Crippen LogP contribution in [-0.2, 0) is 9.53 Å². The van der Waals surface area contributed by atoms with Gasteiger partial charge in [-0.1, -0.05) is 6.08 Å². The van der Waals surface area contributed by atoms with E-state index in [2.05, 4.69) is 10.9 Å². The van der Waals surface area contributed by atoms with Crippen LogP contribution >= 0.6 is 0 Å². The summed E-state index contributed by atoms with van der Waals surface area (Å²) < 4.78 is 4.97. The molecule has 0 bridgehead atoms. The molecule has 0 amide bonds. The molecule has 76 valence electrons. The minimum absolute atomic E-state index is 0.236. The Hall–Kier alpha value is -1.29. The molecular weight excluding hydrogens is 180 g/mol. The zero-order chi connectivity index (χ0) is 9.97. The zero-order valence-corrected chi connectivity index (χ0v) is 8.17. The lowest BCUT2D eigenvalue weighted by Crippen LogP contribution is -2.23. The Morgan fingerprint density at radius 3 is 3.36 bits per heavy atom. The summed E-state index contributed by atoms with van der Waals surface area (Å²) in [6.45, 7) is 3.11.